The van der Waals surface area contributed by atoms with E-state index in [9.17, 15) is 9.90 Å². The van der Waals surface area contributed by atoms with Gasteiger partial charge in [-0.2, -0.15) is 0 Å². The van der Waals surface area contributed by atoms with Crippen LogP contribution in [0, 0.1) is 5.92 Å². The maximum Gasteiger partial charge on any atom is 0.306 e. The van der Waals surface area contributed by atoms with Gasteiger partial charge < -0.3 is 9.84 Å². The fourth-order valence-corrected chi connectivity index (χ4v) is 2.34. The Morgan fingerprint density at radius 1 is 1.05 bits per heavy atom. The van der Waals surface area contributed by atoms with Crippen LogP contribution in [0.4, 0.5) is 0 Å². The molecule has 2 aromatic rings. The molecule has 0 radical (unpaired) electrons. The quantitative estimate of drug-likeness (QED) is 0.845. The summed E-state index contributed by atoms with van der Waals surface area (Å²) in [5, 5.41) is 9.37. The van der Waals surface area contributed by atoms with Crippen LogP contribution in [0.25, 0.3) is 0 Å². The van der Waals surface area contributed by atoms with E-state index in [4.69, 9.17) is 4.74 Å². The molecule has 0 saturated carbocycles. The molecule has 0 amide bonds. The molecule has 110 valence electrons. The van der Waals surface area contributed by atoms with E-state index in [1.165, 1.54) is 0 Å². The Bertz CT molecular complexity index is 561. The summed E-state index contributed by atoms with van der Waals surface area (Å²) in [4.78, 5) is 11.4. The summed E-state index contributed by atoms with van der Waals surface area (Å²) in [6, 6.07) is 17.6. The lowest BCUT2D eigenvalue weighted by molar-refractivity contribution is -0.141. The van der Waals surface area contributed by atoms with E-state index in [1.54, 1.807) is 7.11 Å². The van der Waals surface area contributed by atoms with Crippen molar-refractivity contribution in [2.75, 3.05) is 7.11 Å². The lowest BCUT2D eigenvalue weighted by Gasteiger charge is -2.12. The molecule has 3 nitrogen and oxygen atoms in total. The minimum Gasteiger partial charge on any atom is -0.497 e. The second-order valence-electron chi connectivity index (χ2n) is 5.11. The molecule has 0 fully saturated rings. The van der Waals surface area contributed by atoms with Crippen LogP contribution >= 0.6 is 0 Å². The summed E-state index contributed by atoms with van der Waals surface area (Å²) in [6.45, 7) is 0. The highest BCUT2D eigenvalue weighted by Crippen LogP contribution is 2.18. The summed E-state index contributed by atoms with van der Waals surface area (Å²) in [5.74, 6) is -0.264. The van der Waals surface area contributed by atoms with Gasteiger partial charge >= 0.3 is 5.97 Å². The van der Waals surface area contributed by atoms with Crippen LogP contribution in [-0.2, 0) is 17.6 Å². The van der Waals surface area contributed by atoms with Crippen LogP contribution < -0.4 is 4.74 Å². The van der Waals surface area contributed by atoms with Gasteiger partial charge in [-0.15, -0.1) is 0 Å². The minimum absolute atomic E-state index is 0.352. The molecule has 0 aromatic heterocycles. The molecule has 1 atom stereocenters. The Morgan fingerprint density at radius 3 is 2.29 bits per heavy atom. The zero-order valence-electron chi connectivity index (χ0n) is 12.2. The normalized spacial score (nSPS) is 11.9. The molecular formula is C18H20O3. The average molecular weight is 284 g/mol. The van der Waals surface area contributed by atoms with E-state index in [0.717, 1.165) is 23.3 Å². The van der Waals surface area contributed by atoms with Crippen LogP contribution in [0.5, 0.6) is 5.75 Å². The van der Waals surface area contributed by atoms with Gasteiger partial charge in [0.25, 0.3) is 0 Å². The molecule has 2 aromatic carbocycles. The van der Waals surface area contributed by atoms with Crippen molar-refractivity contribution in [2.24, 2.45) is 5.92 Å². The smallest absolute Gasteiger partial charge is 0.306 e. The van der Waals surface area contributed by atoms with Crippen molar-refractivity contribution in [3.05, 3.63) is 65.7 Å². The number of aliphatic carboxylic acids is 1. The van der Waals surface area contributed by atoms with Gasteiger partial charge in [-0.1, -0.05) is 42.5 Å². The number of rotatable bonds is 7. The molecule has 21 heavy (non-hydrogen) atoms. The Hall–Kier alpha value is -2.29. The van der Waals surface area contributed by atoms with E-state index in [2.05, 4.69) is 0 Å². The van der Waals surface area contributed by atoms with Crippen LogP contribution in [0.2, 0.25) is 0 Å². The SMILES string of the molecule is COc1ccc(CCC(Cc2ccccc2)C(=O)O)cc1. The molecule has 1 N–H and O–H groups in total. The highest BCUT2D eigenvalue weighted by Gasteiger charge is 2.17. The third-order valence-corrected chi connectivity index (χ3v) is 3.61. The van der Waals surface area contributed by atoms with Crippen LogP contribution in [0.1, 0.15) is 17.5 Å². The summed E-state index contributed by atoms with van der Waals surface area (Å²) in [5.41, 5.74) is 2.20. The zero-order valence-corrected chi connectivity index (χ0v) is 12.2. The van der Waals surface area contributed by atoms with Crippen molar-refractivity contribution in [2.45, 2.75) is 19.3 Å². The Kier molecular flexibility index (Phi) is 5.38. The van der Waals surface area contributed by atoms with E-state index in [1.807, 2.05) is 54.6 Å². The van der Waals surface area contributed by atoms with Crippen molar-refractivity contribution in [3.63, 3.8) is 0 Å². The van der Waals surface area contributed by atoms with Crippen LogP contribution in [0.15, 0.2) is 54.6 Å². The summed E-state index contributed by atoms with van der Waals surface area (Å²) in [6.07, 6.45) is 1.97. The predicted octanol–water partition coefficient (Wildman–Crippen LogP) is 3.57. The zero-order chi connectivity index (χ0) is 15.1. The molecule has 0 saturated heterocycles. The number of carbonyl (C=O) groups is 1. The Morgan fingerprint density at radius 2 is 1.71 bits per heavy atom. The van der Waals surface area contributed by atoms with Gasteiger partial charge in [-0.3, -0.25) is 4.79 Å². The second kappa shape index (κ2) is 7.48. The lowest BCUT2D eigenvalue weighted by Crippen LogP contribution is -2.17. The summed E-state index contributed by atoms with van der Waals surface area (Å²) < 4.78 is 5.12. The van der Waals surface area contributed by atoms with Gasteiger partial charge in [0, 0.05) is 0 Å². The van der Waals surface area contributed by atoms with E-state index in [0.29, 0.717) is 12.8 Å². The molecule has 3 heteroatoms. The fraction of sp³-hybridized carbons (Fsp3) is 0.278. The molecule has 0 aliphatic heterocycles. The van der Waals surface area contributed by atoms with Crippen LogP contribution in [-0.4, -0.2) is 18.2 Å². The highest BCUT2D eigenvalue weighted by molar-refractivity contribution is 5.70. The van der Waals surface area contributed by atoms with Gasteiger partial charge in [-0.25, -0.2) is 0 Å². The molecule has 0 bridgehead atoms. The number of methoxy groups -OCH3 is 1. The van der Waals surface area contributed by atoms with Crippen molar-refractivity contribution in [1.29, 1.82) is 0 Å². The van der Waals surface area contributed by atoms with E-state index < -0.39 is 5.97 Å². The largest absolute Gasteiger partial charge is 0.497 e. The monoisotopic (exact) mass is 284 g/mol. The fourth-order valence-electron chi connectivity index (χ4n) is 2.34. The molecule has 0 aliphatic rings. The minimum atomic E-state index is -0.729. The first kappa shape index (κ1) is 15.1. The standard InChI is InChI=1S/C18H20O3/c1-21-17-11-8-14(9-12-17)7-10-16(18(19)20)13-15-5-3-2-4-6-15/h2-6,8-9,11-12,16H,7,10,13H2,1H3,(H,19,20). The third-order valence-electron chi connectivity index (χ3n) is 3.61. The number of hydrogen-bond donors (Lipinski definition) is 1. The molecule has 2 rings (SSSR count). The average Bonchev–Trinajstić information content (AvgIpc) is 2.52. The summed E-state index contributed by atoms with van der Waals surface area (Å²) >= 11 is 0. The van der Waals surface area contributed by atoms with E-state index >= 15 is 0 Å². The van der Waals surface area contributed by atoms with Gasteiger partial charge in [0.1, 0.15) is 5.75 Å². The number of hydrogen-bond acceptors (Lipinski definition) is 2. The second-order valence-corrected chi connectivity index (χ2v) is 5.11. The molecule has 0 aliphatic carbocycles. The van der Waals surface area contributed by atoms with Crippen molar-refractivity contribution >= 4 is 5.97 Å². The first-order valence-electron chi connectivity index (χ1n) is 7.08. The molecular weight excluding hydrogens is 264 g/mol. The molecule has 1 unspecified atom stereocenters. The van der Waals surface area contributed by atoms with Gasteiger partial charge in [0.15, 0.2) is 0 Å². The number of ether oxygens (including phenoxy) is 1. The third kappa shape index (κ3) is 4.63. The van der Waals surface area contributed by atoms with E-state index in [-0.39, 0.29) is 5.92 Å². The number of carboxylic acid groups (broad SMARTS) is 1. The van der Waals surface area contributed by atoms with Crippen molar-refractivity contribution in [3.8, 4) is 5.75 Å². The number of aryl methyl sites for hydroxylation is 1. The summed E-state index contributed by atoms with van der Waals surface area (Å²) in [7, 11) is 1.63. The first-order valence-corrected chi connectivity index (χ1v) is 7.08. The Balaban J connectivity index is 1.95. The Labute approximate surface area is 125 Å². The number of carboxylic acids is 1. The molecule has 0 heterocycles. The molecule has 0 spiro atoms. The maximum atomic E-state index is 11.4. The van der Waals surface area contributed by atoms with Crippen molar-refractivity contribution in [1.82, 2.24) is 0 Å². The van der Waals surface area contributed by atoms with Gasteiger partial charge in [-0.05, 0) is 42.5 Å². The van der Waals surface area contributed by atoms with Crippen LogP contribution in [0.3, 0.4) is 0 Å². The number of benzene rings is 2. The predicted molar refractivity (Wildman–Crippen MR) is 82.6 cm³/mol. The highest BCUT2D eigenvalue weighted by atomic mass is 16.5. The maximum absolute atomic E-state index is 11.4. The lowest BCUT2D eigenvalue weighted by atomic mass is 9.93. The topological polar surface area (TPSA) is 46.5 Å². The van der Waals surface area contributed by atoms with Gasteiger partial charge in [0.05, 0.1) is 13.0 Å². The van der Waals surface area contributed by atoms with Crippen molar-refractivity contribution < 1.29 is 14.6 Å². The van der Waals surface area contributed by atoms with Gasteiger partial charge in [0.2, 0.25) is 0 Å². The first-order chi connectivity index (χ1) is 10.2.